The Morgan fingerprint density at radius 2 is 2.03 bits per heavy atom. The quantitative estimate of drug-likeness (QED) is 0.496. The van der Waals surface area contributed by atoms with Crippen molar-refractivity contribution in [2.75, 3.05) is 19.6 Å². The lowest BCUT2D eigenvalue weighted by molar-refractivity contribution is -0.136. The van der Waals surface area contributed by atoms with Gasteiger partial charge in [0.2, 0.25) is 11.8 Å². The number of hydrogen-bond acceptors (Lipinski definition) is 6. The Morgan fingerprint density at radius 3 is 2.66 bits per heavy atom. The van der Waals surface area contributed by atoms with Crippen molar-refractivity contribution >= 4 is 17.7 Å². The highest BCUT2D eigenvalue weighted by atomic mass is 16.3. The van der Waals surface area contributed by atoms with Crippen LogP contribution in [0.1, 0.15) is 48.2 Å². The molecule has 0 spiro atoms. The summed E-state index contributed by atoms with van der Waals surface area (Å²) < 4.78 is 0. The Labute approximate surface area is 170 Å². The van der Waals surface area contributed by atoms with Gasteiger partial charge in [0.15, 0.2) is 0 Å². The molecule has 3 amide bonds. The zero-order chi connectivity index (χ0) is 20.8. The first-order valence-electron chi connectivity index (χ1n) is 10.1. The van der Waals surface area contributed by atoms with Gasteiger partial charge in [0.1, 0.15) is 6.04 Å². The summed E-state index contributed by atoms with van der Waals surface area (Å²) in [5.74, 6) is -0.842. The molecule has 3 aliphatic rings. The summed E-state index contributed by atoms with van der Waals surface area (Å²) in [5.41, 5.74) is 1.57. The average molecular weight is 400 g/mol. The molecule has 1 unspecified atom stereocenters. The van der Waals surface area contributed by atoms with Gasteiger partial charge in [0.05, 0.1) is 5.60 Å². The van der Waals surface area contributed by atoms with Crippen molar-refractivity contribution in [3.63, 3.8) is 0 Å². The summed E-state index contributed by atoms with van der Waals surface area (Å²) in [5, 5.41) is 19.5. The van der Waals surface area contributed by atoms with Crippen LogP contribution in [0.3, 0.4) is 0 Å². The number of carbonyl (C=O) groups is 3. The molecule has 0 aromatic heterocycles. The van der Waals surface area contributed by atoms with E-state index in [2.05, 4.69) is 16.0 Å². The summed E-state index contributed by atoms with van der Waals surface area (Å²) in [6.45, 7) is 6.82. The standard InChI is InChI=1S/C21H28N4O4/c1-20(2,29)21(11-23-12-21)10-22-8-13-4-3-5-14-15(13)9-25(19(14)28)16-6-7-17(26)24-18(16)27/h3-5,16,22-23,29H,6-12H2,1-2H3,(H,24,26,27). The van der Waals surface area contributed by atoms with Gasteiger partial charge in [-0.05, 0) is 37.5 Å². The van der Waals surface area contributed by atoms with E-state index in [1.807, 2.05) is 26.0 Å². The fraction of sp³-hybridized carbons (Fsp3) is 0.571. The number of benzene rings is 1. The second-order valence-electron chi connectivity index (χ2n) is 8.89. The number of amides is 3. The number of aliphatic hydroxyl groups is 1. The Morgan fingerprint density at radius 1 is 1.28 bits per heavy atom. The van der Waals surface area contributed by atoms with Gasteiger partial charge in [0.25, 0.3) is 5.91 Å². The third kappa shape index (κ3) is 3.45. The van der Waals surface area contributed by atoms with Gasteiger partial charge in [-0.15, -0.1) is 0 Å². The first-order valence-corrected chi connectivity index (χ1v) is 10.1. The highest BCUT2D eigenvalue weighted by molar-refractivity contribution is 6.05. The molecule has 0 radical (unpaired) electrons. The molecular weight excluding hydrogens is 372 g/mol. The SMILES string of the molecule is CC(C)(O)C1(CNCc2cccc3c2CN(C2CCC(=O)NC2=O)C3=O)CNC1. The minimum atomic E-state index is -0.789. The number of imide groups is 1. The van der Waals surface area contributed by atoms with Crippen LogP contribution >= 0.6 is 0 Å². The molecule has 8 heteroatoms. The van der Waals surface area contributed by atoms with Gasteiger partial charge in [-0.25, -0.2) is 0 Å². The van der Waals surface area contributed by atoms with E-state index >= 15 is 0 Å². The van der Waals surface area contributed by atoms with E-state index in [-0.39, 0.29) is 23.7 Å². The molecule has 0 bridgehead atoms. The predicted octanol–water partition coefficient (Wildman–Crippen LogP) is -0.102. The van der Waals surface area contributed by atoms with Gasteiger partial charge >= 0.3 is 0 Å². The minimum Gasteiger partial charge on any atom is -0.390 e. The second-order valence-corrected chi connectivity index (χ2v) is 8.89. The van der Waals surface area contributed by atoms with Crippen LogP contribution in [0.25, 0.3) is 0 Å². The van der Waals surface area contributed by atoms with E-state index in [1.54, 1.807) is 11.0 Å². The molecule has 8 nitrogen and oxygen atoms in total. The zero-order valence-electron chi connectivity index (χ0n) is 16.9. The monoisotopic (exact) mass is 400 g/mol. The van der Waals surface area contributed by atoms with E-state index in [0.717, 1.165) is 24.2 Å². The van der Waals surface area contributed by atoms with E-state index in [1.165, 1.54) is 0 Å². The van der Waals surface area contributed by atoms with E-state index < -0.39 is 17.6 Å². The van der Waals surface area contributed by atoms with Crippen molar-refractivity contribution in [1.29, 1.82) is 0 Å². The molecule has 1 atom stereocenters. The lowest BCUT2D eigenvalue weighted by Gasteiger charge is -2.51. The molecule has 0 saturated carbocycles. The fourth-order valence-corrected chi connectivity index (χ4v) is 4.45. The first kappa shape index (κ1) is 20.0. The molecule has 156 valence electrons. The number of rotatable bonds is 6. The van der Waals surface area contributed by atoms with Crippen molar-refractivity contribution in [2.45, 2.75) is 51.4 Å². The van der Waals surface area contributed by atoms with Crippen LogP contribution in [0.2, 0.25) is 0 Å². The van der Waals surface area contributed by atoms with Crippen LogP contribution in [0.15, 0.2) is 18.2 Å². The third-order valence-electron chi connectivity index (χ3n) is 6.68. The maximum Gasteiger partial charge on any atom is 0.255 e. The summed E-state index contributed by atoms with van der Waals surface area (Å²) in [6, 6.07) is 5.04. The molecule has 3 aliphatic heterocycles. The minimum absolute atomic E-state index is 0.160. The van der Waals surface area contributed by atoms with Crippen LogP contribution in [0.4, 0.5) is 0 Å². The van der Waals surface area contributed by atoms with Crippen molar-refractivity contribution in [3.8, 4) is 0 Å². The Balaban J connectivity index is 1.46. The van der Waals surface area contributed by atoms with Crippen LogP contribution in [0.5, 0.6) is 0 Å². The van der Waals surface area contributed by atoms with Gasteiger partial charge < -0.3 is 20.6 Å². The number of hydrogen-bond donors (Lipinski definition) is 4. The molecule has 0 aliphatic carbocycles. The lowest BCUT2D eigenvalue weighted by Crippen LogP contribution is -2.67. The van der Waals surface area contributed by atoms with Gasteiger partial charge in [-0.3, -0.25) is 19.7 Å². The third-order valence-corrected chi connectivity index (χ3v) is 6.68. The molecule has 2 fully saturated rings. The van der Waals surface area contributed by atoms with Crippen molar-refractivity contribution in [2.24, 2.45) is 5.41 Å². The number of nitrogens with one attached hydrogen (secondary N) is 3. The van der Waals surface area contributed by atoms with Crippen molar-refractivity contribution in [3.05, 3.63) is 34.9 Å². The van der Waals surface area contributed by atoms with Crippen molar-refractivity contribution < 1.29 is 19.5 Å². The summed E-state index contributed by atoms with van der Waals surface area (Å²) in [4.78, 5) is 38.1. The Bertz CT molecular complexity index is 857. The maximum atomic E-state index is 12.9. The van der Waals surface area contributed by atoms with Gasteiger partial charge in [-0.2, -0.15) is 0 Å². The maximum absolute atomic E-state index is 12.9. The second kappa shape index (κ2) is 7.19. The average Bonchev–Trinajstić information content (AvgIpc) is 2.94. The van der Waals surface area contributed by atoms with Gasteiger partial charge in [0, 0.05) is 50.1 Å². The summed E-state index contributed by atoms with van der Waals surface area (Å²) in [7, 11) is 0. The molecule has 4 rings (SSSR count). The summed E-state index contributed by atoms with van der Waals surface area (Å²) in [6.07, 6.45) is 0.608. The molecule has 3 heterocycles. The van der Waals surface area contributed by atoms with E-state index in [9.17, 15) is 19.5 Å². The van der Waals surface area contributed by atoms with Gasteiger partial charge in [-0.1, -0.05) is 12.1 Å². The van der Waals surface area contributed by atoms with Crippen molar-refractivity contribution in [1.82, 2.24) is 20.9 Å². The Hall–Kier alpha value is -2.29. The number of piperidine rings is 1. The molecule has 2 saturated heterocycles. The molecule has 1 aromatic carbocycles. The highest BCUT2D eigenvalue weighted by Crippen LogP contribution is 2.35. The smallest absolute Gasteiger partial charge is 0.255 e. The predicted molar refractivity (Wildman–Crippen MR) is 106 cm³/mol. The van der Waals surface area contributed by atoms with E-state index in [4.69, 9.17) is 0 Å². The number of nitrogens with zero attached hydrogens (tertiary/aromatic N) is 1. The first-order chi connectivity index (χ1) is 13.7. The topological polar surface area (TPSA) is 111 Å². The lowest BCUT2D eigenvalue weighted by atomic mass is 9.69. The number of carbonyl (C=O) groups excluding carboxylic acids is 3. The molecule has 29 heavy (non-hydrogen) atoms. The zero-order valence-corrected chi connectivity index (χ0v) is 16.9. The summed E-state index contributed by atoms with van der Waals surface area (Å²) >= 11 is 0. The Kier molecular flexibility index (Phi) is 4.96. The molecule has 1 aromatic rings. The van der Waals surface area contributed by atoms with Crippen LogP contribution in [-0.2, 0) is 22.7 Å². The number of fused-ring (bicyclic) bond motifs is 1. The van der Waals surface area contributed by atoms with Crippen LogP contribution in [0, 0.1) is 5.41 Å². The van der Waals surface area contributed by atoms with Crippen LogP contribution in [-0.4, -0.2) is 59.0 Å². The highest BCUT2D eigenvalue weighted by Gasteiger charge is 2.48. The normalized spacial score (nSPS) is 23.6. The van der Waals surface area contributed by atoms with Crippen LogP contribution < -0.4 is 16.0 Å². The fourth-order valence-electron chi connectivity index (χ4n) is 4.45. The van der Waals surface area contributed by atoms with E-state index in [0.29, 0.717) is 31.6 Å². The largest absolute Gasteiger partial charge is 0.390 e. The molecular formula is C21H28N4O4. The molecule has 4 N–H and O–H groups in total.